The summed E-state index contributed by atoms with van der Waals surface area (Å²) >= 11 is 0. The fraction of sp³-hybridized carbons (Fsp3) is 0.714. The van der Waals surface area contributed by atoms with Gasteiger partial charge in [0.25, 0.3) is 0 Å². The summed E-state index contributed by atoms with van der Waals surface area (Å²) in [6, 6.07) is 8.16. The van der Waals surface area contributed by atoms with Gasteiger partial charge in [0, 0.05) is 13.1 Å². The number of amides is 2. The zero-order valence-corrected chi connectivity index (χ0v) is 24.3. The Balaban J connectivity index is 1.72. The molecule has 1 aliphatic carbocycles. The predicted octanol–water partition coefficient (Wildman–Crippen LogP) is 5.13. The molecule has 0 unspecified atom stereocenters. The first-order valence-corrected chi connectivity index (χ1v) is 13.3. The summed E-state index contributed by atoms with van der Waals surface area (Å²) in [5.74, 6) is 0. The molecule has 1 saturated heterocycles. The summed E-state index contributed by atoms with van der Waals surface area (Å²) in [5, 5.41) is 2.78. The minimum atomic E-state index is -0.610. The van der Waals surface area contributed by atoms with Gasteiger partial charge in [0.1, 0.15) is 11.2 Å². The summed E-state index contributed by atoms with van der Waals surface area (Å²) in [5.41, 5.74) is -0.410. The SMILES string of the molecule is CC(C)(C)OC(=O)NCCCN(C(=O)OC(C)(C)C)C1(c2ccc(B3OC(C)(C)C(C)(C)O3)cc2)CC1. The number of carbonyl (C=O) groups is 2. The lowest BCUT2D eigenvalue weighted by molar-refractivity contribution is 0.00578. The van der Waals surface area contributed by atoms with Crippen LogP contribution < -0.4 is 10.8 Å². The number of ether oxygens (including phenoxy) is 2. The van der Waals surface area contributed by atoms with Gasteiger partial charge in [-0.05, 0) is 99.5 Å². The molecule has 1 heterocycles. The molecule has 1 N–H and O–H groups in total. The molecule has 37 heavy (non-hydrogen) atoms. The van der Waals surface area contributed by atoms with Crippen LogP contribution in [0, 0.1) is 0 Å². The van der Waals surface area contributed by atoms with Crippen molar-refractivity contribution >= 4 is 24.8 Å². The number of hydrogen-bond donors (Lipinski definition) is 1. The largest absolute Gasteiger partial charge is 0.494 e. The van der Waals surface area contributed by atoms with Gasteiger partial charge in [-0.1, -0.05) is 24.3 Å². The topological polar surface area (TPSA) is 86.3 Å². The quantitative estimate of drug-likeness (QED) is 0.400. The highest BCUT2D eigenvalue weighted by Crippen LogP contribution is 2.51. The first kappa shape index (κ1) is 29.3. The van der Waals surface area contributed by atoms with E-state index in [9.17, 15) is 9.59 Å². The van der Waals surface area contributed by atoms with Gasteiger partial charge in [-0.3, -0.25) is 4.90 Å². The molecule has 1 aromatic rings. The lowest BCUT2D eigenvalue weighted by Crippen LogP contribution is -2.45. The zero-order valence-electron chi connectivity index (χ0n) is 24.3. The Kier molecular flexibility index (Phi) is 8.03. The Morgan fingerprint density at radius 1 is 0.919 bits per heavy atom. The van der Waals surface area contributed by atoms with E-state index in [2.05, 4.69) is 17.4 Å². The van der Waals surface area contributed by atoms with Crippen LogP contribution in [-0.2, 0) is 24.3 Å². The lowest BCUT2D eigenvalue weighted by atomic mass is 9.78. The average molecular weight is 516 g/mol. The predicted molar refractivity (Wildman–Crippen MR) is 145 cm³/mol. The van der Waals surface area contributed by atoms with Gasteiger partial charge >= 0.3 is 19.3 Å². The van der Waals surface area contributed by atoms with E-state index in [4.69, 9.17) is 18.8 Å². The molecular weight excluding hydrogens is 471 g/mol. The molecule has 0 aromatic heterocycles. The zero-order chi connectivity index (χ0) is 27.9. The molecule has 2 aliphatic rings. The second-order valence-electron chi connectivity index (χ2n) is 13.2. The number of hydrogen-bond acceptors (Lipinski definition) is 6. The Morgan fingerprint density at radius 3 is 1.89 bits per heavy atom. The van der Waals surface area contributed by atoms with E-state index < -0.39 is 41.2 Å². The molecule has 1 saturated carbocycles. The first-order valence-electron chi connectivity index (χ1n) is 13.3. The third-order valence-electron chi connectivity index (χ3n) is 7.05. The van der Waals surface area contributed by atoms with Gasteiger partial charge in [0.2, 0.25) is 0 Å². The Morgan fingerprint density at radius 2 is 1.43 bits per heavy atom. The summed E-state index contributed by atoms with van der Waals surface area (Å²) in [4.78, 5) is 27.1. The molecule has 0 radical (unpaired) electrons. The Labute approximate surface area is 222 Å². The van der Waals surface area contributed by atoms with Gasteiger partial charge in [-0.15, -0.1) is 0 Å². The average Bonchev–Trinajstić information content (AvgIpc) is 3.47. The van der Waals surface area contributed by atoms with E-state index in [1.807, 2.05) is 86.3 Å². The lowest BCUT2D eigenvalue weighted by Gasteiger charge is -2.34. The third kappa shape index (κ3) is 7.20. The maximum atomic E-state index is 13.3. The second kappa shape index (κ2) is 10.1. The molecule has 3 rings (SSSR count). The minimum Gasteiger partial charge on any atom is -0.444 e. The molecule has 9 heteroatoms. The molecule has 0 atom stereocenters. The van der Waals surface area contributed by atoms with Crippen molar-refractivity contribution in [2.24, 2.45) is 0 Å². The van der Waals surface area contributed by atoms with Crippen LogP contribution in [0.1, 0.15) is 94.1 Å². The van der Waals surface area contributed by atoms with Crippen LogP contribution in [0.25, 0.3) is 0 Å². The van der Waals surface area contributed by atoms with Gasteiger partial charge < -0.3 is 24.1 Å². The number of rotatable bonds is 7. The summed E-state index contributed by atoms with van der Waals surface area (Å²) < 4.78 is 23.5. The van der Waals surface area contributed by atoms with Gasteiger partial charge in [0.15, 0.2) is 0 Å². The van der Waals surface area contributed by atoms with E-state index in [1.165, 1.54) is 0 Å². The van der Waals surface area contributed by atoms with Crippen LogP contribution in [0.2, 0.25) is 0 Å². The smallest absolute Gasteiger partial charge is 0.444 e. The van der Waals surface area contributed by atoms with E-state index in [0.717, 1.165) is 23.9 Å². The monoisotopic (exact) mass is 516 g/mol. The Hall–Kier alpha value is -2.26. The van der Waals surface area contributed by atoms with E-state index in [-0.39, 0.29) is 6.09 Å². The maximum absolute atomic E-state index is 13.3. The van der Waals surface area contributed by atoms with Crippen LogP contribution in [0.4, 0.5) is 9.59 Å². The molecule has 206 valence electrons. The molecular formula is C28H45BN2O6. The molecule has 0 spiro atoms. The van der Waals surface area contributed by atoms with Crippen molar-refractivity contribution in [3.63, 3.8) is 0 Å². The maximum Gasteiger partial charge on any atom is 0.494 e. The van der Waals surface area contributed by atoms with Gasteiger partial charge in [-0.2, -0.15) is 0 Å². The number of benzene rings is 1. The van der Waals surface area contributed by atoms with Crippen molar-refractivity contribution in [2.75, 3.05) is 13.1 Å². The van der Waals surface area contributed by atoms with E-state index >= 15 is 0 Å². The summed E-state index contributed by atoms with van der Waals surface area (Å²) in [7, 11) is -0.435. The normalized spacial score (nSPS) is 19.8. The molecule has 0 bridgehead atoms. The standard InChI is InChI=1S/C28H45BN2O6/c1-24(2,3)34-22(32)30-18-11-19-31(23(33)35-25(4,5)6)28(16-17-28)20-12-14-21(15-13-20)29-36-26(7,8)27(9,10)37-29/h12-15H,11,16-19H2,1-10H3,(H,30,32). The van der Waals surface area contributed by atoms with Crippen LogP contribution in [0.15, 0.2) is 24.3 Å². The van der Waals surface area contributed by atoms with E-state index in [1.54, 1.807) is 0 Å². The molecule has 8 nitrogen and oxygen atoms in total. The number of alkyl carbamates (subject to hydrolysis) is 1. The molecule has 2 amide bonds. The fourth-order valence-corrected chi connectivity index (χ4v) is 4.30. The molecule has 2 fully saturated rings. The summed E-state index contributed by atoms with van der Waals surface area (Å²) in [6.45, 7) is 20.1. The second-order valence-corrected chi connectivity index (χ2v) is 13.2. The highest BCUT2D eigenvalue weighted by Gasteiger charge is 2.54. The van der Waals surface area contributed by atoms with Crippen LogP contribution in [0.5, 0.6) is 0 Å². The van der Waals surface area contributed by atoms with Gasteiger partial charge in [0.05, 0.1) is 16.7 Å². The molecule has 1 aliphatic heterocycles. The van der Waals surface area contributed by atoms with Crippen molar-refractivity contribution in [1.82, 2.24) is 10.2 Å². The third-order valence-corrected chi connectivity index (χ3v) is 7.05. The van der Waals surface area contributed by atoms with E-state index in [0.29, 0.717) is 19.5 Å². The van der Waals surface area contributed by atoms with Crippen molar-refractivity contribution in [3.05, 3.63) is 29.8 Å². The molecule has 1 aromatic carbocycles. The highest BCUT2D eigenvalue weighted by atomic mass is 16.7. The van der Waals surface area contributed by atoms with Crippen LogP contribution in [-0.4, -0.2) is 59.7 Å². The van der Waals surface area contributed by atoms with Crippen molar-refractivity contribution < 1.29 is 28.4 Å². The van der Waals surface area contributed by atoms with Crippen molar-refractivity contribution in [3.8, 4) is 0 Å². The first-order chi connectivity index (χ1) is 16.9. The van der Waals surface area contributed by atoms with Crippen LogP contribution >= 0.6 is 0 Å². The van der Waals surface area contributed by atoms with Gasteiger partial charge in [-0.25, -0.2) is 9.59 Å². The Bertz CT molecular complexity index is 958. The highest BCUT2D eigenvalue weighted by molar-refractivity contribution is 6.62. The number of nitrogens with zero attached hydrogens (tertiary/aromatic N) is 1. The minimum absolute atomic E-state index is 0.350. The number of carbonyl (C=O) groups excluding carboxylic acids is 2. The van der Waals surface area contributed by atoms with Crippen molar-refractivity contribution in [2.45, 2.75) is 116 Å². The number of nitrogens with one attached hydrogen (secondary N) is 1. The fourth-order valence-electron chi connectivity index (χ4n) is 4.30. The summed E-state index contributed by atoms with van der Waals surface area (Å²) in [6.07, 6.45) is 1.46. The van der Waals surface area contributed by atoms with Crippen LogP contribution in [0.3, 0.4) is 0 Å². The van der Waals surface area contributed by atoms with Crippen molar-refractivity contribution in [1.29, 1.82) is 0 Å².